The van der Waals surface area contributed by atoms with Crippen molar-refractivity contribution >= 4 is 62.0 Å². The summed E-state index contributed by atoms with van der Waals surface area (Å²) in [5, 5.41) is 1.46. The molecule has 1 aliphatic rings. The van der Waals surface area contributed by atoms with Gasteiger partial charge in [-0.3, -0.25) is 0 Å². The number of halogens is 3. The Balaban J connectivity index is 1.57. The number of hydrogen-bond donors (Lipinski definition) is 1. The number of aromatic nitrogens is 1. The minimum Gasteiger partial charge on any atom is -0.491 e. The topological polar surface area (TPSA) is 112 Å². The van der Waals surface area contributed by atoms with Crippen molar-refractivity contribution in [2.45, 2.75) is 50.2 Å². The average Bonchev–Trinajstić information content (AvgIpc) is 3.38. The molecule has 8 nitrogen and oxygen atoms in total. The summed E-state index contributed by atoms with van der Waals surface area (Å²) >= 11 is 13.4. The van der Waals surface area contributed by atoms with E-state index in [0.717, 1.165) is 29.8 Å². The Hall–Kier alpha value is -2.70. The average molecular weight is 629 g/mol. The summed E-state index contributed by atoms with van der Waals surface area (Å²) in [6.07, 6.45) is 2.35. The summed E-state index contributed by atoms with van der Waals surface area (Å²) < 4.78 is 53.1. The number of thiazole rings is 1. The van der Waals surface area contributed by atoms with Crippen molar-refractivity contribution in [1.82, 2.24) is 4.98 Å². The van der Waals surface area contributed by atoms with Gasteiger partial charge in [-0.1, -0.05) is 35.3 Å². The lowest BCUT2D eigenvalue weighted by Crippen LogP contribution is -2.41. The van der Waals surface area contributed by atoms with Gasteiger partial charge in [-0.15, -0.1) is 15.6 Å². The Morgan fingerprint density at radius 3 is 2.58 bits per heavy atom. The second kappa shape index (κ2) is 12.0. The lowest BCUT2D eigenvalue weighted by atomic mass is 9.81. The number of nitrogens with zero attached hydrogens (tertiary/aromatic N) is 2. The van der Waals surface area contributed by atoms with Crippen LogP contribution in [0.3, 0.4) is 0 Å². The van der Waals surface area contributed by atoms with Crippen LogP contribution in [0.1, 0.15) is 39.2 Å². The van der Waals surface area contributed by atoms with Crippen molar-refractivity contribution in [3.05, 3.63) is 74.8 Å². The largest absolute Gasteiger partial charge is 0.491 e. The molecule has 0 bridgehead atoms. The number of sulfonamides is 1. The highest BCUT2D eigenvalue weighted by Crippen LogP contribution is 2.36. The number of allylic oxidation sites excluding steroid dienone is 1. The molecule has 2 N–H and O–H groups in total. The van der Waals surface area contributed by atoms with Crippen LogP contribution >= 0.6 is 34.5 Å². The molecule has 0 saturated carbocycles. The zero-order valence-corrected chi connectivity index (χ0v) is 25.1. The van der Waals surface area contributed by atoms with Crippen LogP contribution in [0, 0.1) is 11.7 Å². The summed E-state index contributed by atoms with van der Waals surface area (Å²) in [6, 6.07) is 8.22. The first kappa shape index (κ1) is 30.3. The molecule has 1 aliphatic carbocycles. The number of benzene rings is 2. The third-order valence-corrected chi connectivity index (χ3v) is 8.92. The first-order valence-corrected chi connectivity index (χ1v) is 15.4. The normalized spacial score (nSPS) is 17.7. The molecular formula is C27H28Cl2FN3O5S2. The molecule has 3 aromatic rings. The highest BCUT2D eigenvalue weighted by Gasteiger charge is 2.36. The Bertz CT molecular complexity index is 1530. The van der Waals surface area contributed by atoms with Gasteiger partial charge in [-0.05, 0) is 75.1 Å². The molecule has 1 heterocycles. The van der Waals surface area contributed by atoms with Crippen LogP contribution in [0.2, 0.25) is 10.0 Å². The molecule has 214 valence electrons. The highest BCUT2D eigenvalue weighted by atomic mass is 35.5. The van der Waals surface area contributed by atoms with Crippen molar-refractivity contribution in [3.63, 3.8) is 0 Å². The molecule has 0 spiro atoms. The molecule has 0 radical (unpaired) electrons. The van der Waals surface area contributed by atoms with Gasteiger partial charge in [-0.25, -0.2) is 22.6 Å². The van der Waals surface area contributed by atoms with Gasteiger partial charge in [0.25, 0.3) is 10.0 Å². The zero-order valence-electron chi connectivity index (χ0n) is 21.9. The fourth-order valence-electron chi connectivity index (χ4n) is 4.20. The number of amides is 1. The van der Waals surface area contributed by atoms with E-state index in [1.165, 1.54) is 41.2 Å². The lowest BCUT2D eigenvalue weighted by Gasteiger charge is -2.30. The monoisotopic (exact) mass is 627 g/mol. The Kier molecular flexibility index (Phi) is 9.11. The van der Waals surface area contributed by atoms with Crippen LogP contribution in [0.15, 0.2) is 58.3 Å². The first-order valence-electron chi connectivity index (χ1n) is 12.3. The zero-order chi connectivity index (χ0) is 29.2. The number of ether oxygens (including phenoxy) is 2. The standard InChI is InChI=1S/C27H28Cl2FN3O5S2/c1-27(2,3)38-26(34)33(25-14-39-15-32-25)40(35,36)17-8-10-24(21(29)12-17)37-13-19-18(5-4-6-23(19)31)16-7-9-20(28)22(30)11-16/h5,7-12,14-15,19,23H,4,6,13,31H2,1-3H3/t19?,23-/m1/s1. The molecule has 0 aliphatic heterocycles. The lowest BCUT2D eigenvalue weighted by molar-refractivity contribution is 0.0608. The van der Waals surface area contributed by atoms with Crippen LogP contribution in [0.5, 0.6) is 5.75 Å². The van der Waals surface area contributed by atoms with Crippen molar-refractivity contribution < 1.29 is 27.1 Å². The van der Waals surface area contributed by atoms with E-state index in [1.54, 1.807) is 26.8 Å². The summed E-state index contributed by atoms with van der Waals surface area (Å²) in [5.41, 5.74) is 8.35. The second-order valence-corrected chi connectivity index (χ2v) is 13.5. The third kappa shape index (κ3) is 6.77. The van der Waals surface area contributed by atoms with Gasteiger partial charge < -0.3 is 15.2 Å². The number of carbonyl (C=O) groups excluding carboxylic acids is 1. The Morgan fingerprint density at radius 1 is 1.20 bits per heavy atom. The summed E-state index contributed by atoms with van der Waals surface area (Å²) in [7, 11) is -4.44. The van der Waals surface area contributed by atoms with E-state index in [4.69, 9.17) is 38.4 Å². The van der Waals surface area contributed by atoms with Crippen molar-refractivity contribution in [2.24, 2.45) is 11.7 Å². The van der Waals surface area contributed by atoms with Gasteiger partial charge in [0.05, 0.1) is 27.1 Å². The van der Waals surface area contributed by atoms with Crippen molar-refractivity contribution in [1.29, 1.82) is 0 Å². The van der Waals surface area contributed by atoms with Crippen LogP contribution in [0.25, 0.3) is 5.57 Å². The van der Waals surface area contributed by atoms with Crippen LogP contribution in [-0.4, -0.2) is 37.7 Å². The fourth-order valence-corrected chi connectivity index (χ4v) is 6.50. The summed E-state index contributed by atoms with van der Waals surface area (Å²) in [4.78, 5) is 16.6. The predicted molar refractivity (Wildman–Crippen MR) is 155 cm³/mol. The highest BCUT2D eigenvalue weighted by molar-refractivity contribution is 7.93. The quantitative estimate of drug-likeness (QED) is 0.302. The molecule has 13 heteroatoms. The van der Waals surface area contributed by atoms with Gasteiger partial charge >= 0.3 is 6.09 Å². The number of rotatable bonds is 7. The molecule has 1 aromatic heterocycles. The number of nitrogens with two attached hydrogens (primary N) is 1. The molecular weight excluding hydrogens is 600 g/mol. The predicted octanol–water partition coefficient (Wildman–Crippen LogP) is 6.92. The second-order valence-electron chi connectivity index (χ2n) is 10.1. The van der Waals surface area contributed by atoms with Gasteiger partial charge in [0.2, 0.25) is 0 Å². The molecule has 2 aromatic carbocycles. The summed E-state index contributed by atoms with van der Waals surface area (Å²) in [6.45, 7) is 5.00. The van der Waals surface area contributed by atoms with Crippen molar-refractivity contribution in [3.8, 4) is 5.75 Å². The van der Waals surface area contributed by atoms with Crippen LogP contribution in [-0.2, 0) is 14.8 Å². The fraction of sp³-hybridized carbons (Fsp3) is 0.333. The Morgan fingerprint density at radius 2 is 1.95 bits per heavy atom. The first-order chi connectivity index (χ1) is 18.8. The smallest absolute Gasteiger partial charge is 0.430 e. The molecule has 0 saturated heterocycles. The minimum atomic E-state index is -4.44. The van der Waals surface area contributed by atoms with Gasteiger partial charge in [0.15, 0.2) is 5.82 Å². The van der Waals surface area contributed by atoms with E-state index in [0.29, 0.717) is 9.87 Å². The number of carbonyl (C=O) groups is 1. The Labute approximate surface area is 246 Å². The molecule has 40 heavy (non-hydrogen) atoms. The van der Waals surface area contributed by atoms with E-state index in [9.17, 15) is 17.6 Å². The van der Waals surface area contributed by atoms with Crippen molar-refractivity contribution in [2.75, 3.05) is 10.9 Å². The number of hydrogen-bond acceptors (Lipinski definition) is 8. The maximum atomic E-state index is 14.1. The SMILES string of the molecule is CC(C)(C)OC(=O)N(c1cscn1)S(=O)(=O)c1ccc(OCC2C(c3ccc(Cl)c(F)c3)=CCC[C@H]2N)c(Cl)c1. The molecule has 2 atom stereocenters. The van der Waals surface area contributed by atoms with Gasteiger partial charge in [0.1, 0.15) is 17.2 Å². The van der Waals surface area contributed by atoms with E-state index >= 15 is 0 Å². The van der Waals surface area contributed by atoms with E-state index in [-0.39, 0.29) is 45.1 Å². The van der Waals surface area contributed by atoms with E-state index < -0.39 is 27.5 Å². The van der Waals surface area contributed by atoms with Crippen LogP contribution in [0.4, 0.5) is 15.0 Å². The maximum absolute atomic E-state index is 14.1. The van der Waals surface area contributed by atoms with Crippen LogP contribution < -0.4 is 14.8 Å². The molecule has 1 unspecified atom stereocenters. The van der Waals surface area contributed by atoms with Gasteiger partial charge in [-0.2, -0.15) is 0 Å². The minimum absolute atomic E-state index is 0.0101. The van der Waals surface area contributed by atoms with E-state index in [1.807, 2.05) is 6.08 Å². The molecule has 1 amide bonds. The van der Waals surface area contributed by atoms with Gasteiger partial charge in [0, 0.05) is 17.3 Å². The van der Waals surface area contributed by atoms with E-state index in [2.05, 4.69) is 4.98 Å². The number of anilines is 1. The third-order valence-electron chi connectivity index (χ3n) is 6.08. The molecule has 0 fully saturated rings. The maximum Gasteiger partial charge on any atom is 0.430 e. The summed E-state index contributed by atoms with van der Waals surface area (Å²) in [5.74, 6) is -0.685. The molecule has 4 rings (SSSR count).